The first-order valence-corrected chi connectivity index (χ1v) is 9.88. The van der Waals surface area contributed by atoms with Gasteiger partial charge in [-0.3, -0.25) is 4.79 Å². The molecule has 2 rings (SSSR count). The molecule has 0 aromatic heterocycles. The minimum atomic E-state index is -5.04. The highest BCUT2D eigenvalue weighted by molar-refractivity contribution is 5.94. The molecule has 0 heterocycles. The molecule has 180 valence electrons. The molecule has 0 fully saturated rings. The van der Waals surface area contributed by atoms with Crippen LogP contribution in [0.15, 0.2) is 48.5 Å². The van der Waals surface area contributed by atoms with Gasteiger partial charge in [-0.25, -0.2) is 4.79 Å². The van der Waals surface area contributed by atoms with Crippen LogP contribution in [0.1, 0.15) is 40.4 Å². The normalized spacial score (nSPS) is 12.7. The van der Waals surface area contributed by atoms with Crippen LogP contribution in [0.4, 0.5) is 31.1 Å². The Bertz CT molecular complexity index is 913. The van der Waals surface area contributed by atoms with Gasteiger partial charge < -0.3 is 15.4 Å². The van der Waals surface area contributed by atoms with Gasteiger partial charge in [0.15, 0.2) is 0 Å². The third kappa shape index (κ3) is 8.66. The molecule has 0 spiro atoms. The summed E-state index contributed by atoms with van der Waals surface area (Å²) in [5.41, 5.74) is -3.05. The van der Waals surface area contributed by atoms with Gasteiger partial charge in [0.25, 0.3) is 5.91 Å². The molecule has 0 aliphatic carbocycles. The van der Waals surface area contributed by atoms with Crippen LogP contribution >= 0.6 is 0 Å². The van der Waals surface area contributed by atoms with Crippen molar-refractivity contribution < 1.29 is 40.7 Å². The monoisotopic (exact) mass is 476 g/mol. The lowest BCUT2D eigenvalue weighted by atomic mass is 10.0. The highest BCUT2D eigenvalue weighted by atomic mass is 19.4. The van der Waals surface area contributed by atoms with Gasteiger partial charge in [0, 0.05) is 18.7 Å². The molecule has 0 unspecified atom stereocenters. The lowest BCUT2D eigenvalue weighted by molar-refractivity contribution is -0.143. The number of halogens is 6. The molecule has 0 bridgehead atoms. The summed E-state index contributed by atoms with van der Waals surface area (Å²) < 4.78 is 82.6. The Morgan fingerprint density at radius 2 is 1.48 bits per heavy atom. The van der Waals surface area contributed by atoms with E-state index in [9.17, 15) is 35.9 Å². The largest absolute Gasteiger partial charge is 0.445 e. The van der Waals surface area contributed by atoms with Crippen molar-refractivity contribution in [1.82, 2.24) is 10.6 Å². The fraction of sp³-hybridized carbons (Fsp3) is 0.364. The number of carbonyl (C=O) groups excluding carboxylic acids is 2. The van der Waals surface area contributed by atoms with E-state index < -0.39 is 41.0 Å². The first kappa shape index (κ1) is 26.0. The Balaban J connectivity index is 1.83. The predicted octanol–water partition coefficient (Wildman–Crippen LogP) is 5.41. The Kier molecular flexibility index (Phi) is 8.72. The fourth-order valence-electron chi connectivity index (χ4n) is 2.75. The van der Waals surface area contributed by atoms with E-state index in [0.29, 0.717) is 18.6 Å². The molecule has 0 radical (unpaired) electrons. The molecule has 0 aliphatic rings. The van der Waals surface area contributed by atoms with Gasteiger partial charge in [-0.15, -0.1) is 0 Å². The molecule has 0 saturated heterocycles. The van der Waals surface area contributed by atoms with E-state index >= 15 is 0 Å². The van der Waals surface area contributed by atoms with Crippen LogP contribution in [0.3, 0.4) is 0 Å². The van der Waals surface area contributed by atoms with Crippen molar-refractivity contribution in [3.63, 3.8) is 0 Å². The summed E-state index contributed by atoms with van der Waals surface area (Å²) in [6.07, 6.45) is -10.3. The average molecular weight is 476 g/mol. The van der Waals surface area contributed by atoms with Gasteiger partial charge in [0.2, 0.25) is 0 Å². The van der Waals surface area contributed by atoms with E-state index in [4.69, 9.17) is 4.74 Å². The maximum Gasteiger partial charge on any atom is 0.416 e. The Morgan fingerprint density at radius 3 is 2.03 bits per heavy atom. The summed E-state index contributed by atoms with van der Waals surface area (Å²) in [7, 11) is 0. The van der Waals surface area contributed by atoms with Crippen molar-refractivity contribution in [3.8, 4) is 0 Å². The van der Waals surface area contributed by atoms with E-state index in [2.05, 4.69) is 10.6 Å². The van der Waals surface area contributed by atoms with Crippen LogP contribution in [-0.2, 0) is 23.7 Å². The highest BCUT2D eigenvalue weighted by Crippen LogP contribution is 2.36. The molecule has 11 heteroatoms. The number of rotatable bonds is 8. The molecule has 2 amide bonds. The average Bonchev–Trinajstić information content (AvgIpc) is 2.75. The molecule has 1 atom stereocenters. The number of ether oxygens (including phenoxy) is 1. The summed E-state index contributed by atoms with van der Waals surface area (Å²) in [6, 6.07) is 9.72. The first-order chi connectivity index (χ1) is 15.4. The van der Waals surface area contributed by atoms with E-state index in [1.807, 2.05) is 6.07 Å². The third-order valence-electron chi connectivity index (χ3n) is 4.58. The minimum absolute atomic E-state index is 0.0167. The van der Waals surface area contributed by atoms with Gasteiger partial charge in [-0.2, -0.15) is 26.3 Å². The second-order valence-electron chi connectivity index (χ2n) is 7.39. The van der Waals surface area contributed by atoms with Crippen LogP contribution in [0.25, 0.3) is 0 Å². The Labute approximate surface area is 186 Å². The number of nitrogens with one attached hydrogen (secondary N) is 2. The number of hydrogen-bond acceptors (Lipinski definition) is 3. The predicted molar refractivity (Wildman–Crippen MR) is 107 cm³/mol. The summed E-state index contributed by atoms with van der Waals surface area (Å²) in [4.78, 5) is 23.9. The van der Waals surface area contributed by atoms with Gasteiger partial charge in [-0.1, -0.05) is 37.3 Å². The quantitative estimate of drug-likeness (QED) is 0.501. The maximum atomic E-state index is 12.9. The smallest absolute Gasteiger partial charge is 0.416 e. The first-order valence-electron chi connectivity index (χ1n) is 9.88. The van der Waals surface area contributed by atoms with Gasteiger partial charge in [0.1, 0.15) is 6.61 Å². The third-order valence-corrected chi connectivity index (χ3v) is 4.58. The summed E-state index contributed by atoms with van der Waals surface area (Å²) in [6.45, 7) is 1.98. The standard InChI is InChI=1S/C22H22F6N2O3/c1-14(7-8-29-20(32)33-13-15-5-3-2-4-6-15)12-30-19(31)16-9-17(21(23,24)25)11-18(10-16)22(26,27)28/h2-6,9-11,14H,7-8,12-13H2,1H3,(H,29,32)(H,30,31)/t14-/m0/s1. The minimum Gasteiger partial charge on any atom is -0.445 e. The Hall–Kier alpha value is -3.24. The maximum absolute atomic E-state index is 12.9. The summed E-state index contributed by atoms with van der Waals surface area (Å²) in [5, 5.41) is 4.85. The van der Waals surface area contributed by atoms with Crippen molar-refractivity contribution in [2.75, 3.05) is 13.1 Å². The van der Waals surface area contributed by atoms with Crippen LogP contribution in [-0.4, -0.2) is 25.1 Å². The number of amides is 2. The zero-order valence-corrected chi connectivity index (χ0v) is 17.5. The topological polar surface area (TPSA) is 67.4 Å². The number of alkyl carbamates (subject to hydrolysis) is 1. The second-order valence-corrected chi connectivity index (χ2v) is 7.39. The van der Waals surface area contributed by atoms with Crippen LogP contribution in [0, 0.1) is 5.92 Å². The molecule has 2 N–H and O–H groups in total. The molecule has 2 aromatic carbocycles. The highest BCUT2D eigenvalue weighted by Gasteiger charge is 2.37. The molecule has 5 nitrogen and oxygen atoms in total. The molecule has 0 saturated carbocycles. The zero-order chi connectivity index (χ0) is 24.6. The zero-order valence-electron chi connectivity index (χ0n) is 17.5. The Morgan fingerprint density at radius 1 is 0.909 bits per heavy atom. The van der Waals surface area contributed by atoms with Crippen LogP contribution in [0.5, 0.6) is 0 Å². The van der Waals surface area contributed by atoms with Gasteiger partial charge in [-0.05, 0) is 36.1 Å². The van der Waals surface area contributed by atoms with Crippen molar-refractivity contribution in [2.45, 2.75) is 32.3 Å². The fourth-order valence-corrected chi connectivity index (χ4v) is 2.75. The SMILES string of the molecule is C[C@@H](CCNC(=O)OCc1ccccc1)CNC(=O)c1cc(C(F)(F)F)cc(C(F)(F)F)c1. The van der Waals surface area contributed by atoms with E-state index in [0.717, 1.165) is 5.56 Å². The summed E-state index contributed by atoms with van der Waals surface area (Å²) >= 11 is 0. The van der Waals surface area contributed by atoms with Gasteiger partial charge >= 0.3 is 18.4 Å². The molecular formula is C22H22F6N2O3. The van der Waals surface area contributed by atoms with E-state index in [1.165, 1.54) is 0 Å². The van der Waals surface area contributed by atoms with Gasteiger partial charge in [0.05, 0.1) is 11.1 Å². The lowest BCUT2D eigenvalue weighted by Gasteiger charge is -2.16. The summed E-state index contributed by atoms with van der Waals surface area (Å²) in [5.74, 6) is -1.29. The van der Waals surface area contributed by atoms with E-state index in [1.54, 1.807) is 31.2 Å². The van der Waals surface area contributed by atoms with Crippen molar-refractivity contribution in [1.29, 1.82) is 0 Å². The second kappa shape index (κ2) is 11.1. The molecule has 33 heavy (non-hydrogen) atoms. The number of hydrogen-bond donors (Lipinski definition) is 2. The number of carbonyl (C=O) groups is 2. The number of benzene rings is 2. The molecular weight excluding hydrogens is 454 g/mol. The molecule has 2 aromatic rings. The van der Waals surface area contributed by atoms with Crippen molar-refractivity contribution >= 4 is 12.0 Å². The van der Waals surface area contributed by atoms with Crippen LogP contribution in [0.2, 0.25) is 0 Å². The van der Waals surface area contributed by atoms with Crippen molar-refractivity contribution in [2.24, 2.45) is 5.92 Å². The van der Waals surface area contributed by atoms with Crippen LogP contribution < -0.4 is 10.6 Å². The lowest BCUT2D eigenvalue weighted by Crippen LogP contribution is -2.31. The van der Waals surface area contributed by atoms with Crippen molar-refractivity contribution in [3.05, 3.63) is 70.8 Å². The van der Waals surface area contributed by atoms with E-state index in [-0.39, 0.29) is 31.7 Å². The number of alkyl halides is 6. The molecule has 0 aliphatic heterocycles.